The van der Waals surface area contributed by atoms with Crippen LogP contribution in [0.2, 0.25) is 0 Å². The first kappa shape index (κ1) is 22.5. The largest absolute Gasteiger partial charge is 0.497 e. The van der Waals surface area contributed by atoms with Crippen LogP contribution in [0.1, 0.15) is 30.9 Å². The van der Waals surface area contributed by atoms with Crippen LogP contribution >= 0.6 is 12.2 Å². The van der Waals surface area contributed by atoms with Crippen molar-refractivity contribution in [2.24, 2.45) is 0 Å². The molecule has 0 amide bonds. The van der Waals surface area contributed by atoms with Crippen molar-refractivity contribution in [3.8, 4) is 5.75 Å². The Balaban J connectivity index is 1.68. The lowest BCUT2D eigenvalue weighted by Gasteiger charge is -2.28. The maximum atomic E-state index is 5.80. The number of benzene rings is 2. The molecule has 0 unspecified atom stereocenters. The van der Waals surface area contributed by atoms with E-state index in [1.807, 2.05) is 12.1 Å². The van der Waals surface area contributed by atoms with Crippen molar-refractivity contribution in [3.05, 3.63) is 59.7 Å². The molecular weight excluding hydrogens is 394 g/mol. The van der Waals surface area contributed by atoms with Crippen LogP contribution < -0.4 is 19.9 Å². The molecule has 0 atom stereocenters. The highest BCUT2D eigenvalue weighted by molar-refractivity contribution is 7.80. The highest BCUT2D eigenvalue weighted by Gasteiger charge is 2.16. The topological polar surface area (TPSA) is 38.2 Å². The fourth-order valence-corrected chi connectivity index (χ4v) is 3.86. The first-order valence-electron chi connectivity index (χ1n) is 10.8. The average Bonchev–Trinajstić information content (AvgIpc) is 2.78. The van der Waals surface area contributed by atoms with Crippen molar-refractivity contribution >= 4 is 23.0 Å². The molecule has 30 heavy (non-hydrogen) atoms. The molecule has 0 aromatic heterocycles. The molecule has 0 radical (unpaired) electrons. The first-order valence-corrected chi connectivity index (χ1v) is 11.2. The van der Waals surface area contributed by atoms with Crippen molar-refractivity contribution in [3.63, 3.8) is 0 Å². The van der Waals surface area contributed by atoms with E-state index in [1.54, 1.807) is 12.0 Å². The number of morpholine rings is 1. The van der Waals surface area contributed by atoms with Gasteiger partial charge >= 0.3 is 0 Å². The smallest absolute Gasteiger partial charge is 0.173 e. The quantitative estimate of drug-likeness (QED) is 0.633. The Morgan fingerprint density at radius 3 is 2.37 bits per heavy atom. The van der Waals surface area contributed by atoms with E-state index >= 15 is 0 Å². The third kappa shape index (κ3) is 6.42. The van der Waals surface area contributed by atoms with Gasteiger partial charge in [-0.2, -0.15) is 0 Å². The normalized spacial score (nSPS) is 14.5. The molecule has 0 spiro atoms. The van der Waals surface area contributed by atoms with Gasteiger partial charge in [-0.3, -0.25) is 0 Å². The average molecular weight is 429 g/mol. The van der Waals surface area contributed by atoms with Gasteiger partial charge in [0.1, 0.15) is 18.8 Å². The molecule has 0 saturated carbocycles. The van der Waals surface area contributed by atoms with Crippen molar-refractivity contribution in [2.45, 2.75) is 26.3 Å². The molecule has 1 aliphatic rings. The number of hydrogen-bond donors (Lipinski definition) is 2. The zero-order valence-electron chi connectivity index (χ0n) is 18.3. The lowest BCUT2D eigenvalue weighted by molar-refractivity contribution is -0.906. The number of hydrogen-bond acceptors (Lipinski definition) is 3. The SMILES string of the molecule is COc1ccc(N(Cc2ccc(C(C)C)cc2)C(=S)NCC[NH+]2CCOCC2)cc1. The molecule has 5 nitrogen and oxygen atoms in total. The van der Waals surface area contributed by atoms with Gasteiger partial charge in [0, 0.05) is 5.69 Å². The van der Waals surface area contributed by atoms with Gasteiger partial charge in [-0.1, -0.05) is 38.1 Å². The van der Waals surface area contributed by atoms with Crippen molar-refractivity contribution in [1.82, 2.24) is 5.32 Å². The minimum absolute atomic E-state index is 0.530. The third-order valence-corrected chi connectivity index (χ3v) is 5.94. The van der Waals surface area contributed by atoms with Crippen LogP contribution in [-0.4, -0.2) is 51.6 Å². The highest BCUT2D eigenvalue weighted by Crippen LogP contribution is 2.22. The molecule has 1 aliphatic heterocycles. The van der Waals surface area contributed by atoms with E-state index in [4.69, 9.17) is 21.7 Å². The number of nitrogens with zero attached hydrogens (tertiary/aromatic N) is 1. The molecule has 2 aromatic carbocycles. The van der Waals surface area contributed by atoms with Crippen LogP contribution in [0.25, 0.3) is 0 Å². The second-order valence-electron chi connectivity index (χ2n) is 8.02. The Morgan fingerprint density at radius 2 is 1.77 bits per heavy atom. The molecule has 1 heterocycles. The van der Waals surface area contributed by atoms with Crippen LogP contribution in [0.5, 0.6) is 5.75 Å². The Morgan fingerprint density at radius 1 is 1.10 bits per heavy atom. The molecule has 3 rings (SSSR count). The predicted molar refractivity (Wildman–Crippen MR) is 127 cm³/mol. The van der Waals surface area contributed by atoms with Gasteiger partial charge in [0.25, 0.3) is 0 Å². The third-order valence-electron chi connectivity index (χ3n) is 5.57. The zero-order chi connectivity index (χ0) is 21.3. The van der Waals surface area contributed by atoms with E-state index in [-0.39, 0.29) is 0 Å². The molecular formula is C24H34N3O2S+. The van der Waals surface area contributed by atoms with Crippen LogP contribution in [0.15, 0.2) is 48.5 Å². The summed E-state index contributed by atoms with van der Waals surface area (Å²) in [6.45, 7) is 10.9. The number of nitrogens with one attached hydrogen (secondary N) is 2. The molecule has 2 aromatic rings. The van der Waals surface area contributed by atoms with Gasteiger partial charge in [-0.05, 0) is 53.5 Å². The minimum Gasteiger partial charge on any atom is -0.497 e. The Kier molecular flexibility index (Phi) is 8.49. The summed E-state index contributed by atoms with van der Waals surface area (Å²) in [5.74, 6) is 1.37. The number of quaternary nitrogens is 1. The van der Waals surface area contributed by atoms with E-state index in [0.29, 0.717) is 5.92 Å². The first-order chi connectivity index (χ1) is 14.6. The lowest BCUT2D eigenvalue weighted by atomic mass is 10.0. The van der Waals surface area contributed by atoms with Crippen molar-refractivity contribution < 1.29 is 14.4 Å². The summed E-state index contributed by atoms with van der Waals surface area (Å²) in [6, 6.07) is 16.9. The lowest BCUT2D eigenvalue weighted by Crippen LogP contribution is -3.14. The van der Waals surface area contributed by atoms with E-state index in [9.17, 15) is 0 Å². The van der Waals surface area contributed by atoms with Crippen LogP contribution in [0.3, 0.4) is 0 Å². The van der Waals surface area contributed by atoms with Gasteiger partial charge in [-0.15, -0.1) is 0 Å². The number of thiocarbonyl (C=S) groups is 1. The highest BCUT2D eigenvalue weighted by atomic mass is 32.1. The van der Waals surface area contributed by atoms with E-state index < -0.39 is 0 Å². The molecule has 6 heteroatoms. The van der Waals surface area contributed by atoms with Crippen molar-refractivity contribution in [2.75, 3.05) is 51.4 Å². The zero-order valence-corrected chi connectivity index (χ0v) is 19.1. The maximum absolute atomic E-state index is 5.80. The van der Waals surface area contributed by atoms with E-state index in [1.165, 1.54) is 11.1 Å². The van der Waals surface area contributed by atoms with E-state index in [0.717, 1.165) is 62.5 Å². The molecule has 1 saturated heterocycles. The van der Waals surface area contributed by atoms with Crippen molar-refractivity contribution in [1.29, 1.82) is 0 Å². The monoisotopic (exact) mass is 428 g/mol. The number of methoxy groups -OCH3 is 1. The molecule has 1 fully saturated rings. The molecule has 0 bridgehead atoms. The second kappa shape index (κ2) is 11.3. The number of anilines is 1. The van der Waals surface area contributed by atoms with Crippen LogP contribution in [-0.2, 0) is 11.3 Å². The van der Waals surface area contributed by atoms with Gasteiger partial charge in [0.2, 0.25) is 0 Å². The van der Waals surface area contributed by atoms with E-state index in [2.05, 4.69) is 60.5 Å². The Bertz CT molecular complexity index is 787. The summed E-state index contributed by atoms with van der Waals surface area (Å²) < 4.78 is 10.8. The minimum atomic E-state index is 0.530. The number of rotatable bonds is 8. The summed E-state index contributed by atoms with van der Waals surface area (Å²) in [4.78, 5) is 3.73. The fourth-order valence-electron chi connectivity index (χ4n) is 3.58. The van der Waals surface area contributed by atoms with Gasteiger partial charge in [0.05, 0.1) is 40.0 Å². The maximum Gasteiger partial charge on any atom is 0.173 e. The summed E-state index contributed by atoms with van der Waals surface area (Å²) in [7, 11) is 1.68. The Hall–Kier alpha value is -2.15. The predicted octanol–water partition coefficient (Wildman–Crippen LogP) is 2.61. The summed E-state index contributed by atoms with van der Waals surface area (Å²) in [5.41, 5.74) is 3.64. The second-order valence-corrected chi connectivity index (χ2v) is 8.41. The number of ether oxygens (including phenoxy) is 2. The summed E-state index contributed by atoms with van der Waals surface area (Å²) >= 11 is 5.80. The van der Waals surface area contributed by atoms with Crippen LogP contribution in [0, 0.1) is 0 Å². The van der Waals surface area contributed by atoms with Gasteiger partial charge < -0.3 is 24.6 Å². The summed E-state index contributed by atoms with van der Waals surface area (Å²) in [5, 5.41) is 4.22. The molecule has 0 aliphatic carbocycles. The fraction of sp³-hybridized carbons (Fsp3) is 0.458. The molecule has 2 N–H and O–H groups in total. The summed E-state index contributed by atoms with van der Waals surface area (Å²) in [6.07, 6.45) is 0. The van der Waals surface area contributed by atoms with Crippen LogP contribution in [0.4, 0.5) is 5.69 Å². The van der Waals surface area contributed by atoms with Gasteiger partial charge in [0.15, 0.2) is 5.11 Å². The Labute approximate surface area is 186 Å². The molecule has 162 valence electrons. The van der Waals surface area contributed by atoms with Gasteiger partial charge in [-0.25, -0.2) is 0 Å². The standard InChI is InChI=1S/C24H33N3O2S/c1-19(2)21-6-4-20(5-7-21)18-27(22-8-10-23(28-3)11-9-22)24(30)25-12-13-26-14-16-29-17-15-26/h4-11,19H,12-18H2,1-3H3,(H,25,30)/p+1.